The minimum atomic E-state index is -0.957. The van der Waals surface area contributed by atoms with Gasteiger partial charge in [-0.25, -0.2) is 19.4 Å². The number of rotatable bonds is 3. The first-order valence-electron chi connectivity index (χ1n) is 8.20. The van der Waals surface area contributed by atoms with Crippen molar-refractivity contribution < 1.29 is 9.90 Å². The van der Waals surface area contributed by atoms with E-state index in [1.165, 1.54) is 6.33 Å². The molecule has 0 unspecified atom stereocenters. The van der Waals surface area contributed by atoms with Crippen LogP contribution in [0.25, 0.3) is 33.3 Å². The fourth-order valence-corrected chi connectivity index (χ4v) is 3.23. The van der Waals surface area contributed by atoms with Crippen LogP contribution >= 0.6 is 0 Å². The average molecular weight is 350 g/mol. The van der Waals surface area contributed by atoms with E-state index in [-0.39, 0.29) is 11.6 Å². The largest absolute Gasteiger partial charge is 0.478 e. The van der Waals surface area contributed by atoms with E-state index in [0.717, 1.165) is 16.6 Å². The summed E-state index contributed by atoms with van der Waals surface area (Å²) in [6.07, 6.45) is 1.43. The number of anilines is 1. The zero-order chi connectivity index (χ0) is 18.6. The highest BCUT2D eigenvalue weighted by Crippen LogP contribution is 2.34. The lowest BCUT2D eigenvalue weighted by Crippen LogP contribution is -2.04. The molecule has 3 aromatic heterocycles. The molecule has 0 spiro atoms. The molecule has 0 aliphatic heterocycles. The van der Waals surface area contributed by atoms with Gasteiger partial charge in [-0.15, -0.1) is 0 Å². The maximum absolute atomic E-state index is 11.3. The molecule has 3 N–H and O–H groups in total. The first kappa shape index (κ1) is 16.1. The SMILES string of the molecule is CC(C)n1nc(-c2cc3ccc(C(=O)O)cc3n2C)c2c(N)ncnc21. The van der Waals surface area contributed by atoms with Crippen molar-refractivity contribution in [2.75, 3.05) is 5.73 Å². The zero-order valence-electron chi connectivity index (χ0n) is 14.6. The lowest BCUT2D eigenvalue weighted by Gasteiger charge is -2.05. The summed E-state index contributed by atoms with van der Waals surface area (Å²) in [6.45, 7) is 4.05. The molecule has 1 aromatic carbocycles. The highest BCUT2D eigenvalue weighted by molar-refractivity contribution is 6.01. The van der Waals surface area contributed by atoms with Gasteiger partial charge in [0.25, 0.3) is 0 Å². The Bertz CT molecular complexity index is 1170. The zero-order valence-corrected chi connectivity index (χ0v) is 14.6. The molecule has 0 saturated carbocycles. The summed E-state index contributed by atoms with van der Waals surface area (Å²) in [5.41, 5.74) is 9.36. The summed E-state index contributed by atoms with van der Waals surface area (Å²) in [4.78, 5) is 19.7. The number of nitrogens with zero attached hydrogens (tertiary/aromatic N) is 5. The molecular formula is C18H18N6O2. The van der Waals surface area contributed by atoms with E-state index in [4.69, 9.17) is 10.8 Å². The Morgan fingerprint density at radius 3 is 2.69 bits per heavy atom. The quantitative estimate of drug-likeness (QED) is 0.587. The van der Waals surface area contributed by atoms with Crippen LogP contribution in [0.15, 0.2) is 30.6 Å². The van der Waals surface area contributed by atoms with Gasteiger partial charge in [-0.2, -0.15) is 5.10 Å². The fourth-order valence-electron chi connectivity index (χ4n) is 3.23. The third-order valence-corrected chi connectivity index (χ3v) is 4.54. The second-order valence-electron chi connectivity index (χ2n) is 6.51. The van der Waals surface area contributed by atoms with E-state index in [9.17, 15) is 9.90 Å². The second-order valence-corrected chi connectivity index (χ2v) is 6.51. The molecule has 4 aromatic rings. The standard InChI is InChI=1S/C18H18N6O2/c1-9(2)24-17-14(16(19)20-8-21-17)15(22-24)13-6-10-4-5-11(18(25)26)7-12(10)23(13)3/h4-9H,1-3H3,(H,25,26)(H2,19,20,21). The maximum Gasteiger partial charge on any atom is 0.335 e. The van der Waals surface area contributed by atoms with Gasteiger partial charge in [0.15, 0.2) is 5.65 Å². The van der Waals surface area contributed by atoms with E-state index in [2.05, 4.69) is 9.97 Å². The fraction of sp³-hybridized carbons (Fsp3) is 0.222. The molecular weight excluding hydrogens is 332 g/mol. The molecule has 8 heteroatoms. The van der Waals surface area contributed by atoms with Crippen molar-refractivity contribution in [3.8, 4) is 11.4 Å². The van der Waals surface area contributed by atoms with Crippen molar-refractivity contribution in [2.24, 2.45) is 7.05 Å². The molecule has 26 heavy (non-hydrogen) atoms. The van der Waals surface area contributed by atoms with Crippen LogP contribution in [0.5, 0.6) is 0 Å². The Hall–Kier alpha value is -3.42. The molecule has 0 aliphatic carbocycles. The predicted octanol–water partition coefficient (Wildman–Crippen LogP) is 2.85. The number of carboxylic acids is 1. The van der Waals surface area contributed by atoms with E-state index in [1.807, 2.05) is 36.2 Å². The molecule has 4 rings (SSSR count). The van der Waals surface area contributed by atoms with Crippen LogP contribution in [0.2, 0.25) is 0 Å². The van der Waals surface area contributed by atoms with Crippen molar-refractivity contribution in [1.29, 1.82) is 0 Å². The summed E-state index contributed by atoms with van der Waals surface area (Å²) in [7, 11) is 1.88. The number of benzene rings is 1. The van der Waals surface area contributed by atoms with Gasteiger partial charge in [0.05, 0.1) is 16.6 Å². The summed E-state index contributed by atoms with van der Waals surface area (Å²) in [5.74, 6) is -0.588. The van der Waals surface area contributed by atoms with Crippen molar-refractivity contribution in [1.82, 2.24) is 24.3 Å². The first-order valence-corrected chi connectivity index (χ1v) is 8.20. The van der Waals surface area contributed by atoms with Crippen molar-refractivity contribution in [2.45, 2.75) is 19.9 Å². The lowest BCUT2D eigenvalue weighted by molar-refractivity contribution is 0.0697. The number of nitrogen functional groups attached to an aromatic ring is 1. The van der Waals surface area contributed by atoms with Gasteiger partial charge in [-0.3, -0.25) is 0 Å². The Morgan fingerprint density at radius 2 is 2.00 bits per heavy atom. The molecule has 0 atom stereocenters. The highest BCUT2D eigenvalue weighted by atomic mass is 16.4. The predicted molar refractivity (Wildman–Crippen MR) is 99.0 cm³/mol. The van der Waals surface area contributed by atoms with Gasteiger partial charge >= 0.3 is 5.97 Å². The van der Waals surface area contributed by atoms with E-state index in [0.29, 0.717) is 22.5 Å². The average Bonchev–Trinajstić information content (AvgIpc) is 3.14. The van der Waals surface area contributed by atoms with Gasteiger partial charge < -0.3 is 15.4 Å². The maximum atomic E-state index is 11.3. The van der Waals surface area contributed by atoms with E-state index >= 15 is 0 Å². The van der Waals surface area contributed by atoms with Crippen molar-refractivity contribution in [3.63, 3.8) is 0 Å². The highest BCUT2D eigenvalue weighted by Gasteiger charge is 2.21. The third kappa shape index (κ3) is 2.22. The normalized spacial score (nSPS) is 11.7. The molecule has 0 amide bonds. The monoisotopic (exact) mass is 350 g/mol. The van der Waals surface area contributed by atoms with Gasteiger partial charge in [0.2, 0.25) is 0 Å². The van der Waals surface area contributed by atoms with Crippen molar-refractivity contribution >= 4 is 33.7 Å². The molecule has 0 bridgehead atoms. The molecule has 0 fully saturated rings. The smallest absolute Gasteiger partial charge is 0.335 e. The Labute approximate surface area is 148 Å². The molecule has 0 saturated heterocycles. The number of aryl methyl sites for hydroxylation is 1. The number of carbonyl (C=O) groups is 1. The number of hydrogen-bond acceptors (Lipinski definition) is 5. The summed E-state index contributed by atoms with van der Waals surface area (Å²) in [6, 6.07) is 7.12. The topological polar surface area (TPSA) is 112 Å². The summed E-state index contributed by atoms with van der Waals surface area (Å²) < 4.78 is 3.74. The number of hydrogen-bond donors (Lipinski definition) is 2. The van der Waals surface area contributed by atoms with E-state index < -0.39 is 5.97 Å². The lowest BCUT2D eigenvalue weighted by atomic mass is 10.1. The van der Waals surface area contributed by atoms with Crippen LogP contribution in [0.4, 0.5) is 5.82 Å². The summed E-state index contributed by atoms with van der Waals surface area (Å²) in [5, 5.41) is 15.6. The van der Waals surface area contributed by atoms with Crippen LogP contribution in [-0.2, 0) is 7.05 Å². The van der Waals surface area contributed by atoms with Crippen LogP contribution in [0, 0.1) is 0 Å². The van der Waals surface area contributed by atoms with Gasteiger partial charge in [0, 0.05) is 24.0 Å². The molecule has 0 aliphatic rings. The number of aromatic carboxylic acids is 1. The number of nitrogens with two attached hydrogens (primary N) is 1. The molecule has 132 valence electrons. The van der Waals surface area contributed by atoms with Crippen LogP contribution < -0.4 is 5.73 Å². The van der Waals surface area contributed by atoms with Gasteiger partial charge in [-0.05, 0) is 32.0 Å². The third-order valence-electron chi connectivity index (χ3n) is 4.54. The number of aromatic nitrogens is 5. The first-order chi connectivity index (χ1) is 12.4. The second kappa shape index (κ2) is 5.55. The summed E-state index contributed by atoms with van der Waals surface area (Å²) >= 11 is 0. The van der Waals surface area contributed by atoms with Gasteiger partial charge in [-0.1, -0.05) is 6.07 Å². The Balaban J connectivity index is 2.04. The Morgan fingerprint density at radius 1 is 1.23 bits per heavy atom. The van der Waals surface area contributed by atoms with Crippen LogP contribution in [0.3, 0.4) is 0 Å². The van der Waals surface area contributed by atoms with Crippen molar-refractivity contribution in [3.05, 3.63) is 36.2 Å². The molecule has 0 radical (unpaired) electrons. The van der Waals surface area contributed by atoms with Crippen LogP contribution in [0.1, 0.15) is 30.2 Å². The molecule has 8 nitrogen and oxygen atoms in total. The minimum absolute atomic E-state index is 0.105. The number of carboxylic acid groups (broad SMARTS) is 1. The van der Waals surface area contributed by atoms with E-state index in [1.54, 1.807) is 18.2 Å². The van der Waals surface area contributed by atoms with Gasteiger partial charge in [0.1, 0.15) is 17.8 Å². The van der Waals surface area contributed by atoms with Crippen LogP contribution in [-0.4, -0.2) is 35.4 Å². The molecule has 3 heterocycles. The number of fused-ring (bicyclic) bond motifs is 2. The Kier molecular flexibility index (Phi) is 3.43. The minimum Gasteiger partial charge on any atom is -0.478 e.